The van der Waals surface area contributed by atoms with Crippen LogP contribution in [-0.2, 0) is 10.2 Å². The fourth-order valence-corrected chi connectivity index (χ4v) is 3.50. The number of carboxylic acid groups (broad SMARTS) is 1. The van der Waals surface area contributed by atoms with Gasteiger partial charge in [-0.1, -0.05) is 12.1 Å². The van der Waals surface area contributed by atoms with Crippen molar-refractivity contribution in [1.29, 1.82) is 0 Å². The minimum absolute atomic E-state index is 0.128. The van der Waals surface area contributed by atoms with Crippen LogP contribution in [0, 0.1) is 0 Å². The van der Waals surface area contributed by atoms with Gasteiger partial charge in [-0.05, 0) is 50.5 Å². The lowest BCUT2D eigenvalue weighted by Crippen LogP contribution is -2.42. The van der Waals surface area contributed by atoms with Gasteiger partial charge in [-0.15, -0.1) is 6.58 Å². The molecule has 1 aliphatic heterocycles. The number of nitrogens with one attached hydrogen (secondary N) is 1. The molecule has 0 radical (unpaired) electrons. The molecule has 22 heavy (non-hydrogen) atoms. The van der Waals surface area contributed by atoms with E-state index in [2.05, 4.69) is 37.5 Å². The van der Waals surface area contributed by atoms with Crippen LogP contribution < -0.4 is 0 Å². The van der Waals surface area contributed by atoms with Crippen molar-refractivity contribution in [3.63, 3.8) is 0 Å². The minimum Gasteiger partial charge on any atom is -0.477 e. The second-order valence-corrected chi connectivity index (χ2v) is 6.69. The molecule has 3 rings (SSSR count). The van der Waals surface area contributed by atoms with Crippen molar-refractivity contribution < 1.29 is 14.6 Å². The summed E-state index contributed by atoms with van der Waals surface area (Å²) in [6.07, 6.45) is 3.77. The molecule has 4 nitrogen and oxygen atoms in total. The molecule has 1 aliphatic rings. The number of aromatic amines is 1. The highest BCUT2D eigenvalue weighted by molar-refractivity contribution is 5.94. The SMILES string of the molecule is C=C[C@@]1(c2ccc3[nH]c(C(=O)O)cc3c2)CCOC(C)(C)C1. The quantitative estimate of drug-likeness (QED) is 0.845. The zero-order valence-corrected chi connectivity index (χ0v) is 13.0. The number of allylic oxidation sites excluding steroid dienone is 1. The highest BCUT2D eigenvalue weighted by Gasteiger charge is 2.40. The second kappa shape index (κ2) is 4.99. The first kappa shape index (κ1) is 14.9. The van der Waals surface area contributed by atoms with Crippen LogP contribution in [0.25, 0.3) is 10.9 Å². The third-order valence-corrected chi connectivity index (χ3v) is 4.60. The Morgan fingerprint density at radius 2 is 2.18 bits per heavy atom. The van der Waals surface area contributed by atoms with Crippen molar-refractivity contribution in [2.75, 3.05) is 6.61 Å². The molecule has 116 valence electrons. The molecule has 0 saturated carbocycles. The molecule has 1 saturated heterocycles. The van der Waals surface area contributed by atoms with E-state index in [0.717, 1.165) is 23.7 Å². The average molecular weight is 299 g/mol. The first-order chi connectivity index (χ1) is 10.4. The first-order valence-electron chi connectivity index (χ1n) is 7.49. The molecule has 1 aromatic carbocycles. The Bertz CT molecular complexity index is 744. The molecule has 1 atom stereocenters. The lowest BCUT2D eigenvalue weighted by molar-refractivity contribution is -0.0730. The Morgan fingerprint density at radius 3 is 2.82 bits per heavy atom. The van der Waals surface area contributed by atoms with Crippen LogP contribution in [0.15, 0.2) is 36.9 Å². The van der Waals surface area contributed by atoms with E-state index in [0.29, 0.717) is 6.61 Å². The standard InChI is InChI=1S/C18H21NO3/c1-4-18(7-8-22-17(2,3)11-18)13-5-6-14-12(9-13)10-15(19-14)16(20)21/h4-6,9-10,19H,1,7-8,11H2,2-3H3,(H,20,21)/t18-/m1/s1. The van der Waals surface area contributed by atoms with Crippen molar-refractivity contribution >= 4 is 16.9 Å². The van der Waals surface area contributed by atoms with Gasteiger partial charge >= 0.3 is 5.97 Å². The highest BCUT2D eigenvalue weighted by atomic mass is 16.5. The molecule has 0 spiro atoms. The lowest BCUT2D eigenvalue weighted by Gasteiger charge is -2.43. The van der Waals surface area contributed by atoms with Gasteiger partial charge in [0, 0.05) is 22.9 Å². The number of fused-ring (bicyclic) bond motifs is 1. The molecule has 1 aromatic heterocycles. The van der Waals surface area contributed by atoms with Gasteiger partial charge in [-0.25, -0.2) is 4.79 Å². The summed E-state index contributed by atoms with van der Waals surface area (Å²) in [6.45, 7) is 8.95. The fourth-order valence-electron chi connectivity index (χ4n) is 3.50. The Labute approximate surface area is 129 Å². The molecule has 1 fully saturated rings. The third kappa shape index (κ3) is 2.44. The Morgan fingerprint density at radius 1 is 1.41 bits per heavy atom. The predicted octanol–water partition coefficient (Wildman–Crippen LogP) is 3.88. The molecular formula is C18H21NO3. The fraction of sp³-hybridized carbons (Fsp3) is 0.389. The van der Waals surface area contributed by atoms with Gasteiger partial charge in [0.1, 0.15) is 5.69 Å². The maximum absolute atomic E-state index is 11.1. The van der Waals surface area contributed by atoms with Crippen molar-refractivity contribution in [3.8, 4) is 0 Å². The number of rotatable bonds is 3. The van der Waals surface area contributed by atoms with Gasteiger partial charge in [0.05, 0.1) is 5.60 Å². The van der Waals surface area contributed by atoms with Crippen molar-refractivity contribution in [1.82, 2.24) is 4.98 Å². The molecule has 2 N–H and O–H groups in total. The summed E-state index contributed by atoms with van der Waals surface area (Å²) in [6, 6.07) is 7.77. The molecule has 0 amide bonds. The second-order valence-electron chi connectivity index (χ2n) is 6.69. The minimum atomic E-state index is -0.941. The van der Waals surface area contributed by atoms with E-state index in [1.54, 1.807) is 6.07 Å². The number of hydrogen-bond donors (Lipinski definition) is 2. The molecule has 0 unspecified atom stereocenters. The largest absolute Gasteiger partial charge is 0.477 e. The number of ether oxygens (including phenoxy) is 1. The number of aromatic carboxylic acids is 1. The van der Waals surface area contributed by atoms with Gasteiger partial charge in [0.2, 0.25) is 0 Å². The van der Waals surface area contributed by atoms with Crippen LogP contribution in [0.4, 0.5) is 0 Å². The van der Waals surface area contributed by atoms with E-state index in [-0.39, 0.29) is 16.7 Å². The topological polar surface area (TPSA) is 62.3 Å². The number of carbonyl (C=O) groups is 1. The van der Waals surface area contributed by atoms with E-state index < -0.39 is 5.97 Å². The van der Waals surface area contributed by atoms with Crippen molar-refractivity contribution in [2.24, 2.45) is 0 Å². The van der Waals surface area contributed by atoms with E-state index in [1.807, 2.05) is 12.1 Å². The van der Waals surface area contributed by atoms with E-state index >= 15 is 0 Å². The summed E-state index contributed by atoms with van der Waals surface area (Å²) in [5, 5.41) is 10.0. The van der Waals surface area contributed by atoms with E-state index in [4.69, 9.17) is 9.84 Å². The maximum Gasteiger partial charge on any atom is 0.352 e. The summed E-state index contributed by atoms with van der Waals surface area (Å²) in [5.41, 5.74) is 1.91. The van der Waals surface area contributed by atoms with Gasteiger partial charge in [0.25, 0.3) is 0 Å². The normalized spacial score (nSPS) is 24.3. The van der Waals surface area contributed by atoms with Gasteiger partial charge in [0.15, 0.2) is 0 Å². The average Bonchev–Trinajstić information content (AvgIpc) is 2.89. The van der Waals surface area contributed by atoms with Crippen LogP contribution in [0.2, 0.25) is 0 Å². The van der Waals surface area contributed by atoms with Crippen LogP contribution in [-0.4, -0.2) is 28.3 Å². The Hall–Kier alpha value is -2.07. The number of benzene rings is 1. The lowest BCUT2D eigenvalue weighted by atomic mass is 9.69. The van der Waals surface area contributed by atoms with Crippen LogP contribution >= 0.6 is 0 Å². The molecule has 4 heteroatoms. The number of aromatic nitrogens is 1. The number of hydrogen-bond acceptors (Lipinski definition) is 2. The smallest absolute Gasteiger partial charge is 0.352 e. The Balaban J connectivity index is 2.07. The summed E-state index contributed by atoms with van der Waals surface area (Å²) in [4.78, 5) is 14.0. The number of carboxylic acids is 1. The summed E-state index contributed by atoms with van der Waals surface area (Å²) < 4.78 is 5.84. The molecule has 0 bridgehead atoms. The predicted molar refractivity (Wildman–Crippen MR) is 86.4 cm³/mol. The molecule has 2 aromatic rings. The van der Waals surface area contributed by atoms with Gasteiger partial charge in [-0.2, -0.15) is 0 Å². The van der Waals surface area contributed by atoms with E-state index in [1.165, 1.54) is 5.56 Å². The highest BCUT2D eigenvalue weighted by Crippen LogP contribution is 2.43. The van der Waals surface area contributed by atoms with Crippen LogP contribution in [0.1, 0.15) is 42.7 Å². The zero-order valence-electron chi connectivity index (χ0n) is 13.0. The Kier molecular flexibility index (Phi) is 3.37. The molecule has 0 aliphatic carbocycles. The van der Waals surface area contributed by atoms with Crippen molar-refractivity contribution in [3.05, 3.63) is 48.2 Å². The maximum atomic E-state index is 11.1. The van der Waals surface area contributed by atoms with Crippen molar-refractivity contribution in [2.45, 2.75) is 37.7 Å². The summed E-state index contributed by atoms with van der Waals surface area (Å²) >= 11 is 0. The molecule has 2 heterocycles. The first-order valence-corrected chi connectivity index (χ1v) is 7.49. The van der Waals surface area contributed by atoms with Gasteiger partial charge in [-0.3, -0.25) is 0 Å². The zero-order chi connectivity index (χ0) is 16.0. The molecular weight excluding hydrogens is 278 g/mol. The van der Waals surface area contributed by atoms with Crippen LogP contribution in [0.5, 0.6) is 0 Å². The summed E-state index contributed by atoms with van der Waals surface area (Å²) in [5.74, 6) is -0.941. The van der Waals surface area contributed by atoms with E-state index in [9.17, 15) is 4.79 Å². The van der Waals surface area contributed by atoms with Gasteiger partial charge < -0.3 is 14.8 Å². The third-order valence-electron chi connectivity index (χ3n) is 4.60. The monoisotopic (exact) mass is 299 g/mol. The summed E-state index contributed by atoms with van der Waals surface area (Å²) in [7, 11) is 0. The van der Waals surface area contributed by atoms with Crippen LogP contribution in [0.3, 0.4) is 0 Å². The number of H-pyrrole nitrogens is 1.